The molecule has 0 unspecified atom stereocenters. The van der Waals surface area contributed by atoms with Crippen LogP contribution < -0.4 is 0 Å². The number of H-pyrrole nitrogens is 1. The minimum atomic E-state index is 0.941. The molecule has 0 saturated carbocycles. The fourth-order valence-electron chi connectivity index (χ4n) is 1.61. The molecule has 0 aliphatic rings. The predicted octanol–water partition coefficient (Wildman–Crippen LogP) is 2.02. The van der Waals surface area contributed by atoms with Crippen LogP contribution in [0.2, 0.25) is 0 Å². The zero-order chi connectivity index (χ0) is 10.1. The Morgan fingerprint density at radius 2 is 1.87 bits per heavy atom. The van der Waals surface area contributed by atoms with E-state index in [1.165, 1.54) is 0 Å². The first-order chi connectivity index (χ1) is 7.45. The van der Waals surface area contributed by atoms with E-state index in [4.69, 9.17) is 0 Å². The van der Waals surface area contributed by atoms with Crippen molar-refractivity contribution in [1.82, 2.24) is 19.9 Å². The lowest BCUT2D eigenvalue weighted by atomic mass is 10.1. The molecule has 72 valence electrons. The lowest BCUT2D eigenvalue weighted by molar-refractivity contribution is 1.31. The third kappa shape index (κ3) is 1.27. The van der Waals surface area contributed by atoms with Crippen molar-refractivity contribution in [2.45, 2.75) is 0 Å². The fraction of sp³-hybridized carbons (Fsp3) is 0. The molecule has 0 spiro atoms. The van der Waals surface area contributed by atoms with Gasteiger partial charge in [0.2, 0.25) is 0 Å². The van der Waals surface area contributed by atoms with Crippen LogP contribution in [-0.2, 0) is 0 Å². The molecule has 0 fully saturated rings. The topological polar surface area (TPSA) is 54.5 Å². The Morgan fingerprint density at radius 3 is 2.73 bits per heavy atom. The van der Waals surface area contributed by atoms with Gasteiger partial charge in [-0.1, -0.05) is 0 Å². The summed E-state index contributed by atoms with van der Waals surface area (Å²) in [6, 6.07) is 3.90. The number of aromatic amines is 1. The summed E-state index contributed by atoms with van der Waals surface area (Å²) in [5.74, 6) is 0. The van der Waals surface area contributed by atoms with Gasteiger partial charge in [0.05, 0.1) is 23.6 Å². The molecule has 0 atom stereocenters. The van der Waals surface area contributed by atoms with Crippen molar-refractivity contribution in [1.29, 1.82) is 0 Å². The van der Waals surface area contributed by atoms with Crippen molar-refractivity contribution >= 4 is 11.0 Å². The Labute approximate surface area is 86.0 Å². The highest BCUT2D eigenvalue weighted by molar-refractivity contribution is 5.90. The summed E-state index contributed by atoms with van der Waals surface area (Å²) in [6.07, 6.45) is 8.80. The van der Waals surface area contributed by atoms with E-state index in [0.717, 1.165) is 22.2 Å². The van der Waals surface area contributed by atoms with E-state index in [-0.39, 0.29) is 0 Å². The summed E-state index contributed by atoms with van der Waals surface area (Å²) in [4.78, 5) is 15.5. The second-order valence-corrected chi connectivity index (χ2v) is 3.22. The molecular formula is C11H8N4. The maximum Gasteiger partial charge on any atom is 0.0992 e. The van der Waals surface area contributed by atoms with Gasteiger partial charge in [-0.3, -0.25) is 9.97 Å². The molecule has 0 saturated heterocycles. The maximum atomic E-state index is 4.28. The van der Waals surface area contributed by atoms with Crippen LogP contribution in [-0.4, -0.2) is 19.9 Å². The minimum absolute atomic E-state index is 0.941. The predicted molar refractivity (Wildman–Crippen MR) is 57.1 cm³/mol. The first-order valence-corrected chi connectivity index (χ1v) is 4.62. The van der Waals surface area contributed by atoms with Gasteiger partial charge in [-0.05, 0) is 17.7 Å². The van der Waals surface area contributed by atoms with Crippen LogP contribution in [0.5, 0.6) is 0 Å². The van der Waals surface area contributed by atoms with Gasteiger partial charge >= 0.3 is 0 Å². The van der Waals surface area contributed by atoms with Gasteiger partial charge in [0.25, 0.3) is 0 Å². The lowest BCUT2D eigenvalue weighted by Gasteiger charge is -2.00. The lowest BCUT2D eigenvalue weighted by Crippen LogP contribution is -1.83. The number of fused-ring (bicyclic) bond motifs is 1. The van der Waals surface area contributed by atoms with E-state index < -0.39 is 0 Å². The van der Waals surface area contributed by atoms with E-state index in [1.54, 1.807) is 24.9 Å². The minimum Gasteiger partial charge on any atom is -0.343 e. The highest BCUT2D eigenvalue weighted by Crippen LogP contribution is 2.24. The Kier molecular flexibility index (Phi) is 1.71. The Morgan fingerprint density at radius 1 is 1.00 bits per heavy atom. The number of hydrogen-bond donors (Lipinski definition) is 1. The number of rotatable bonds is 1. The number of pyridine rings is 2. The molecule has 1 N–H and O–H groups in total. The summed E-state index contributed by atoms with van der Waals surface area (Å²) in [6.45, 7) is 0. The third-order valence-corrected chi connectivity index (χ3v) is 2.32. The van der Waals surface area contributed by atoms with E-state index in [1.807, 2.05) is 18.3 Å². The second-order valence-electron chi connectivity index (χ2n) is 3.22. The number of imidazole rings is 1. The van der Waals surface area contributed by atoms with E-state index in [0.29, 0.717) is 0 Å². The van der Waals surface area contributed by atoms with Crippen LogP contribution in [0.15, 0.2) is 43.2 Å². The van der Waals surface area contributed by atoms with Gasteiger partial charge in [0.1, 0.15) is 0 Å². The molecule has 0 bridgehead atoms. The Balaban J connectivity index is 2.31. The van der Waals surface area contributed by atoms with Crippen LogP contribution in [0.3, 0.4) is 0 Å². The normalized spacial score (nSPS) is 10.7. The number of aromatic nitrogens is 4. The molecular weight excluding hydrogens is 188 g/mol. The molecule has 0 aliphatic heterocycles. The molecule has 3 heterocycles. The van der Waals surface area contributed by atoms with Crippen molar-refractivity contribution < 1.29 is 0 Å². The van der Waals surface area contributed by atoms with Gasteiger partial charge < -0.3 is 4.98 Å². The number of nitrogens with one attached hydrogen (secondary N) is 1. The summed E-state index contributed by atoms with van der Waals surface area (Å²) in [7, 11) is 0. The average molecular weight is 196 g/mol. The van der Waals surface area contributed by atoms with Gasteiger partial charge in [-0.2, -0.15) is 0 Å². The van der Waals surface area contributed by atoms with Crippen molar-refractivity contribution in [3.05, 3.63) is 43.2 Å². The molecule has 4 heteroatoms. The van der Waals surface area contributed by atoms with Crippen LogP contribution in [0.1, 0.15) is 0 Å². The molecule has 0 amide bonds. The summed E-state index contributed by atoms with van der Waals surface area (Å²) < 4.78 is 0. The monoisotopic (exact) mass is 196 g/mol. The largest absolute Gasteiger partial charge is 0.343 e. The molecule has 3 rings (SSSR count). The summed E-state index contributed by atoms with van der Waals surface area (Å²) in [5, 5.41) is 0. The van der Waals surface area contributed by atoms with Crippen molar-refractivity contribution in [2.24, 2.45) is 0 Å². The van der Waals surface area contributed by atoms with Crippen LogP contribution in [0.4, 0.5) is 0 Å². The number of hydrogen-bond acceptors (Lipinski definition) is 3. The fourth-order valence-corrected chi connectivity index (χ4v) is 1.61. The molecule has 3 aromatic rings. The van der Waals surface area contributed by atoms with Crippen molar-refractivity contribution in [3.8, 4) is 11.1 Å². The highest BCUT2D eigenvalue weighted by atomic mass is 14.9. The van der Waals surface area contributed by atoms with Gasteiger partial charge in [-0.15, -0.1) is 0 Å². The van der Waals surface area contributed by atoms with Crippen molar-refractivity contribution in [2.75, 3.05) is 0 Å². The quantitative estimate of drug-likeness (QED) is 0.647. The summed E-state index contributed by atoms with van der Waals surface area (Å²) >= 11 is 0. The van der Waals surface area contributed by atoms with Crippen LogP contribution in [0, 0.1) is 0 Å². The third-order valence-electron chi connectivity index (χ3n) is 2.32. The van der Waals surface area contributed by atoms with Crippen LogP contribution >= 0.6 is 0 Å². The maximum absolute atomic E-state index is 4.28. The van der Waals surface area contributed by atoms with Gasteiger partial charge in [-0.25, -0.2) is 4.98 Å². The molecule has 0 aromatic carbocycles. The first-order valence-electron chi connectivity index (χ1n) is 4.62. The standard InChI is InChI=1S/C11H8N4/c1-3-12-4-2-8(1)9-5-13-6-10-11(9)15-7-14-10/h1-7H,(H,14,15). The molecule has 0 aliphatic carbocycles. The molecule has 4 nitrogen and oxygen atoms in total. The Hall–Kier alpha value is -2.23. The van der Waals surface area contributed by atoms with E-state index >= 15 is 0 Å². The van der Waals surface area contributed by atoms with E-state index in [9.17, 15) is 0 Å². The summed E-state index contributed by atoms with van der Waals surface area (Å²) in [5.41, 5.74) is 3.99. The van der Waals surface area contributed by atoms with Crippen molar-refractivity contribution in [3.63, 3.8) is 0 Å². The molecule has 0 radical (unpaired) electrons. The van der Waals surface area contributed by atoms with Gasteiger partial charge in [0.15, 0.2) is 0 Å². The van der Waals surface area contributed by atoms with Crippen LogP contribution in [0.25, 0.3) is 22.2 Å². The second kappa shape index (κ2) is 3.16. The zero-order valence-electron chi connectivity index (χ0n) is 7.88. The Bertz CT molecular complexity index is 586. The number of nitrogens with zero attached hydrogens (tertiary/aromatic N) is 3. The van der Waals surface area contributed by atoms with Gasteiger partial charge in [0, 0.05) is 24.2 Å². The SMILES string of the molecule is c1cc(-c2cncc3[nH]cnc23)ccn1. The molecule has 15 heavy (non-hydrogen) atoms. The van der Waals surface area contributed by atoms with E-state index in [2.05, 4.69) is 19.9 Å². The average Bonchev–Trinajstić information content (AvgIpc) is 2.78. The highest BCUT2D eigenvalue weighted by Gasteiger charge is 2.05. The first kappa shape index (κ1) is 8.11. The smallest absolute Gasteiger partial charge is 0.0992 e. The molecule has 3 aromatic heterocycles. The zero-order valence-corrected chi connectivity index (χ0v) is 7.88.